The van der Waals surface area contributed by atoms with Crippen LogP contribution in [0.25, 0.3) is 0 Å². The first-order valence-electron chi connectivity index (χ1n) is 3.57. The second kappa shape index (κ2) is 3.78. The lowest BCUT2D eigenvalue weighted by Gasteiger charge is -2.03. The van der Waals surface area contributed by atoms with Crippen molar-refractivity contribution in [3.63, 3.8) is 0 Å². The zero-order chi connectivity index (χ0) is 8.97. The maximum absolute atomic E-state index is 10.3. The van der Waals surface area contributed by atoms with Crippen molar-refractivity contribution in [1.29, 1.82) is 0 Å². The summed E-state index contributed by atoms with van der Waals surface area (Å²) >= 11 is 0. The SMILES string of the molecule is C=C[C@H](N)c1ccc(C=O)cn1. The first-order valence-corrected chi connectivity index (χ1v) is 3.57. The summed E-state index contributed by atoms with van der Waals surface area (Å²) in [6, 6.07) is 3.14. The number of aromatic nitrogens is 1. The van der Waals surface area contributed by atoms with Gasteiger partial charge in [-0.2, -0.15) is 0 Å². The van der Waals surface area contributed by atoms with Gasteiger partial charge in [-0.25, -0.2) is 0 Å². The van der Waals surface area contributed by atoms with Crippen molar-refractivity contribution in [1.82, 2.24) is 4.98 Å². The molecule has 12 heavy (non-hydrogen) atoms. The fraction of sp³-hybridized carbons (Fsp3) is 0.111. The molecule has 3 heteroatoms. The number of nitrogens with two attached hydrogens (primary N) is 1. The zero-order valence-electron chi connectivity index (χ0n) is 6.60. The molecule has 1 heterocycles. The minimum Gasteiger partial charge on any atom is -0.319 e. The number of aldehydes is 1. The molecule has 2 N–H and O–H groups in total. The molecular formula is C9H10N2O. The Bertz CT molecular complexity index is 279. The lowest BCUT2D eigenvalue weighted by atomic mass is 10.2. The van der Waals surface area contributed by atoms with E-state index in [1.54, 1.807) is 18.2 Å². The van der Waals surface area contributed by atoms with Crippen molar-refractivity contribution >= 4 is 6.29 Å². The third kappa shape index (κ3) is 1.77. The molecule has 0 aliphatic rings. The van der Waals surface area contributed by atoms with Crippen LogP contribution in [0.5, 0.6) is 0 Å². The van der Waals surface area contributed by atoms with E-state index in [0.29, 0.717) is 5.56 Å². The second-order valence-corrected chi connectivity index (χ2v) is 2.40. The van der Waals surface area contributed by atoms with Gasteiger partial charge < -0.3 is 5.73 Å². The van der Waals surface area contributed by atoms with Crippen LogP contribution in [-0.2, 0) is 0 Å². The molecule has 0 fully saturated rings. The largest absolute Gasteiger partial charge is 0.319 e. The summed E-state index contributed by atoms with van der Waals surface area (Å²) in [5.41, 5.74) is 6.89. The predicted molar refractivity (Wildman–Crippen MR) is 46.7 cm³/mol. The minimum atomic E-state index is -0.259. The van der Waals surface area contributed by atoms with Crippen molar-refractivity contribution in [2.75, 3.05) is 0 Å². The summed E-state index contributed by atoms with van der Waals surface area (Å²) in [6.07, 6.45) is 3.84. The Morgan fingerprint density at radius 2 is 2.33 bits per heavy atom. The van der Waals surface area contributed by atoms with Crippen molar-refractivity contribution in [3.05, 3.63) is 42.2 Å². The van der Waals surface area contributed by atoms with Gasteiger partial charge in [0.1, 0.15) is 0 Å². The summed E-state index contributed by atoms with van der Waals surface area (Å²) < 4.78 is 0. The summed E-state index contributed by atoms with van der Waals surface area (Å²) in [7, 11) is 0. The van der Waals surface area contributed by atoms with Gasteiger partial charge in [0.15, 0.2) is 6.29 Å². The Hall–Kier alpha value is -1.48. The number of rotatable bonds is 3. The molecule has 1 aromatic heterocycles. The molecule has 0 radical (unpaired) electrons. The highest BCUT2D eigenvalue weighted by Crippen LogP contribution is 2.07. The molecule has 0 unspecified atom stereocenters. The van der Waals surface area contributed by atoms with Crippen LogP contribution in [0.1, 0.15) is 22.1 Å². The molecule has 0 bridgehead atoms. The summed E-state index contributed by atoms with van der Waals surface area (Å²) in [5.74, 6) is 0. The van der Waals surface area contributed by atoms with Crippen molar-refractivity contribution in [2.45, 2.75) is 6.04 Å². The van der Waals surface area contributed by atoms with Crippen LogP contribution in [0.4, 0.5) is 0 Å². The van der Waals surface area contributed by atoms with E-state index in [4.69, 9.17) is 5.73 Å². The lowest BCUT2D eigenvalue weighted by Crippen LogP contribution is -2.08. The standard InChI is InChI=1S/C9H10N2O/c1-2-8(10)9-4-3-7(6-12)5-11-9/h2-6,8H,1,10H2/t8-/m0/s1. The predicted octanol–water partition coefficient (Wildman–Crippen LogP) is 1.08. The quantitative estimate of drug-likeness (QED) is 0.534. The second-order valence-electron chi connectivity index (χ2n) is 2.40. The Morgan fingerprint density at radius 1 is 1.58 bits per heavy atom. The average Bonchev–Trinajstić information content (AvgIpc) is 2.17. The normalized spacial score (nSPS) is 12.1. The lowest BCUT2D eigenvalue weighted by molar-refractivity contribution is 0.112. The van der Waals surface area contributed by atoms with Gasteiger partial charge in [0.2, 0.25) is 0 Å². The Morgan fingerprint density at radius 3 is 2.75 bits per heavy atom. The third-order valence-corrected chi connectivity index (χ3v) is 1.54. The fourth-order valence-corrected chi connectivity index (χ4v) is 0.804. The Balaban J connectivity index is 2.91. The molecule has 1 rings (SSSR count). The minimum absolute atomic E-state index is 0.259. The van der Waals surface area contributed by atoms with Gasteiger partial charge in [-0.05, 0) is 12.1 Å². The monoisotopic (exact) mass is 162 g/mol. The summed E-state index contributed by atoms with van der Waals surface area (Å²) in [5, 5.41) is 0. The topological polar surface area (TPSA) is 56.0 Å². The van der Waals surface area contributed by atoms with Gasteiger partial charge in [-0.3, -0.25) is 9.78 Å². The molecule has 0 aliphatic carbocycles. The number of carbonyl (C=O) groups is 1. The van der Waals surface area contributed by atoms with Gasteiger partial charge in [0, 0.05) is 11.8 Å². The third-order valence-electron chi connectivity index (χ3n) is 1.54. The first kappa shape index (κ1) is 8.62. The molecule has 0 amide bonds. The van der Waals surface area contributed by atoms with Crippen molar-refractivity contribution in [3.8, 4) is 0 Å². The van der Waals surface area contributed by atoms with E-state index < -0.39 is 0 Å². The molecule has 1 atom stereocenters. The van der Waals surface area contributed by atoms with Crippen LogP contribution in [0.2, 0.25) is 0 Å². The van der Waals surface area contributed by atoms with Gasteiger partial charge in [0.25, 0.3) is 0 Å². The molecule has 0 saturated heterocycles. The van der Waals surface area contributed by atoms with E-state index in [1.807, 2.05) is 0 Å². The fourth-order valence-electron chi connectivity index (χ4n) is 0.804. The van der Waals surface area contributed by atoms with Gasteiger partial charge in [-0.1, -0.05) is 6.08 Å². The molecule has 3 nitrogen and oxygen atoms in total. The molecule has 0 spiro atoms. The Kier molecular flexibility index (Phi) is 2.71. The van der Waals surface area contributed by atoms with E-state index in [0.717, 1.165) is 12.0 Å². The van der Waals surface area contributed by atoms with Gasteiger partial charge >= 0.3 is 0 Å². The maximum atomic E-state index is 10.3. The van der Waals surface area contributed by atoms with Crippen molar-refractivity contribution in [2.24, 2.45) is 5.73 Å². The average molecular weight is 162 g/mol. The van der Waals surface area contributed by atoms with E-state index in [1.165, 1.54) is 6.20 Å². The maximum Gasteiger partial charge on any atom is 0.151 e. The first-order chi connectivity index (χ1) is 5.77. The number of hydrogen-bond acceptors (Lipinski definition) is 3. The smallest absolute Gasteiger partial charge is 0.151 e. The molecule has 0 aromatic carbocycles. The van der Waals surface area contributed by atoms with E-state index in [2.05, 4.69) is 11.6 Å². The van der Waals surface area contributed by atoms with Crippen LogP contribution >= 0.6 is 0 Å². The Labute approximate surface area is 70.9 Å². The molecule has 62 valence electrons. The van der Waals surface area contributed by atoms with Crippen LogP contribution in [0.15, 0.2) is 31.0 Å². The van der Waals surface area contributed by atoms with Gasteiger partial charge in [-0.15, -0.1) is 6.58 Å². The molecule has 0 aliphatic heterocycles. The summed E-state index contributed by atoms with van der Waals surface area (Å²) in [6.45, 7) is 3.55. The molecular weight excluding hydrogens is 152 g/mol. The van der Waals surface area contributed by atoms with Crippen LogP contribution in [-0.4, -0.2) is 11.3 Å². The highest BCUT2D eigenvalue weighted by molar-refractivity contribution is 5.73. The van der Waals surface area contributed by atoms with E-state index in [9.17, 15) is 4.79 Å². The highest BCUT2D eigenvalue weighted by atomic mass is 16.1. The number of hydrogen-bond donors (Lipinski definition) is 1. The number of carbonyl (C=O) groups excluding carboxylic acids is 1. The van der Waals surface area contributed by atoms with E-state index in [-0.39, 0.29) is 6.04 Å². The number of pyridine rings is 1. The van der Waals surface area contributed by atoms with Crippen LogP contribution < -0.4 is 5.73 Å². The van der Waals surface area contributed by atoms with Crippen molar-refractivity contribution < 1.29 is 4.79 Å². The molecule has 1 aromatic rings. The van der Waals surface area contributed by atoms with E-state index >= 15 is 0 Å². The van der Waals surface area contributed by atoms with Crippen LogP contribution in [0.3, 0.4) is 0 Å². The molecule has 0 saturated carbocycles. The zero-order valence-corrected chi connectivity index (χ0v) is 6.60. The van der Waals surface area contributed by atoms with Gasteiger partial charge in [0.05, 0.1) is 11.7 Å². The highest BCUT2D eigenvalue weighted by Gasteiger charge is 2.01. The number of nitrogens with zero attached hydrogens (tertiary/aromatic N) is 1. The van der Waals surface area contributed by atoms with Crippen LogP contribution in [0, 0.1) is 0 Å². The summed E-state index contributed by atoms with van der Waals surface area (Å²) in [4.78, 5) is 14.3.